The van der Waals surface area contributed by atoms with Crippen LogP contribution in [0.5, 0.6) is 0 Å². The Labute approximate surface area is 187 Å². The summed E-state index contributed by atoms with van der Waals surface area (Å²) in [5.74, 6) is -1.92. The number of anilines is 2. The zero-order valence-corrected chi connectivity index (χ0v) is 18.6. The summed E-state index contributed by atoms with van der Waals surface area (Å²) in [4.78, 5) is 27.8. The summed E-state index contributed by atoms with van der Waals surface area (Å²) in [7, 11) is -4.16. The normalized spacial score (nSPS) is 21.4. The molecule has 0 aliphatic carbocycles. The molecule has 2 amide bonds. The van der Waals surface area contributed by atoms with Crippen molar-refractivity contribution in [1.82, 2.24) is 0 Å². The molecule has 0 radical (unpaired) electrons. The van der Waals surface area contributed by atoms with E-state index in [0.29, 0.717) is 16.9 Å². The van der Waals surface area contributed by atoms with Gasteiger partial charge in [0.25, 0.3) is 10.8 Å². The molecule has 2 heterocycles. The maximum atomic E-state index is 14.1. The van der Waals surface area contributed by atoms with E-state index in [1.807, 2.05) is 50.2 Å². The second-order valence-electron chi connectivity index (χ2n) is 8.37. The van der Waals surface area contributed by atoms with Crippen LogP contribution in [0.3, 0.4) is 0 Å². The lowest BCUT2D eigenvalue weighted by molar-refractivity contribution is -0.123. The van der Waals surface area contributed by atoms with Gasteiger partial charge in [0.15, 0.2) is 9.84 Å². The molecule has 0 saturated carbocycles. The molecule has 1 spiro atoms. The van der Waals surface area contributed by atoms with Crippen molar-refractivity contribution in [2.75, 3.05) is 15.6 Å². The molecule has 3 aromatic carbocycles. The molecule has 5 rings (SSSR count). The Hall–Kier alpha value is -3.45. The van der Waals surface area contributed by atoms with Gasteiger partial charge < -0.3 is 4.90 Å². The molecule has 0 aromatic heterocycles. The number of para-hydroxylation sites is 1. The van der Waals surface area contributed by atoms with Crippen LogP contribution in [0.4, 0.5) is 11.4 Å². The molecule has 2 aliphatic rings. The number of hydrogen-bond acceptors (Lipinski definition) is 4. The Morgan fingerprint density at radius 2 is 1.50 bits per heavy atom. The lowest BCUT2D eigenvalue weighted by atomic mass is 10.0. The van der Waals surface area contributed by atoms with Gasteiger partial charge in [0.2, 0.25) is 5.91 Å². The molecule has 1 fully saturated rings. The van der Waals surface area contributed by atoms with E-state index in [1.165, 1.54) is 9.80 Å². The van der Waals surface area contributed by atoms with E-state index in [2.05, 4.69) is 0 Å². The number of sulfone groups is 1. The number of aryl methyl sites for hydroxylation is 2. The van der Waals surface area contributed by atoms with Crippen LogP contribution in [0.2, 0.25) is 0 Å². The molecule has 162 valence electrons. The van der Waals surface area contributed by atoms with E-state index in [1.54, 1.807) is 36.4 Å². The predicted molar refractivity (Wildman–Crippen MR) is 123 cm³/mol. The molecular weight excluding hydrogens is 424 g/mol. The van der Waals surface area contributed by atoms with Crippen molar-refractivity contribution in [3.63, 3.8) is 0 Å². The number of benzene rings is 3. The Bertz CT molecular complexity index is 1350. The number of carbonyl (C=O) groups is 2. The third-order valence-corrected chi connectivity index (χ3v) is 8.18. The van der Waals surface area contributed by atoms with Crippen LogP contribution in [-0.4, -0.2) is 26.0 Å². The number of rotatable bonds is 3. The SMILES string of the molecule is Cc1cc(C)cc(N2C(=O)CS(=O)(=O)C23C(=O)N(Cc2ccccc2)c2ccccc23)c1. The van der Waals surface area contributed by atoms with Crippen molar-refractivity contribution in [2.24, 2.45) is 0 Å². The summed E-state index contributed by atoms with van der Waals surface area (Å²) >= 11 is 0. The minimum Gasteiger partial charge on any atom is -0.304 e. The minimum atomic E-state index is -4.16. The maximum absolute atomic E-state index is 14.1. The zero-order chi connectivity index (χ0) is 22.7. The average molecular weight is 447 g/mol. The van der Waals surface area contributed by atoms with Gasteiger partial charge in [-0.25, -0.2) is 8.42 Å². The van der Waals surface area contributed by atoms with Gasteiger partial charge in [-0.3, -0.25) is 14.5 Å². The summed E-state index contributed by atoms with van der Waals surface area (Å²) in [6, 6.07) is 21.7. The van der Waals surface area contributed by atoms with Crippen molar-refractivity contribution in [3.8, 4) is 0 Å². The molecule has 0 N–H and O–H groups in total. The van der Waals surface area contributed by atoms with Crippen LogP contribution >= 0.6 is 0 Å². The van der Waals surface area contributed by atoms with Crippen LogP contribution in [0.1, 0.15) is 22.3 Å². The van der Waals surface area contributed by atoms with Crippen molar-refractivity contribution >= 4 is 33.0 Å². The number of amides is 2. The Morgan fingerprint density at radius 3 is 2.19 bits per heavy atom. The van der Waals surface area contributed by atoms with Crippen molar-refractivity contribution in [1.29, 1.82) is 0 Å². The summed E-state index contributed by atoms with van der Waals surface area (Å²) in [5.41, 5.74) is 3.88. The van der Waals surface area contributed by atoms with Gasteiger partial charge in [-0.2, -0.15) is 0 Å². The fourth-order valence-corrected chi connectivity index (χ4v) is 6.93. The molecule has 2 aliphatic heterocycles. The molecule has 1 atom stereocenters. The predicted octanol–water partition coefficient (Wildman–Crippen LogP) is 3.46. The van der Waals surface area contributed by atoms with Crippen LogP contribution in [-0.2, 0) is 30.8 Å². The Balaban J connectivity index is 1.77. The number of hydrogen-bond donors (Lipinski definition) is 0. The molecule has 32 heavy (non-hydrogen) atoms. The van der Waals surface area contributed by atoms with Gasteiger partial charge >= 0.3 is 0 Å². The lowest BCUT2D eigenvalue weighted by Gasteiger charge is -2.33. The number of fused-ring (bicyclic) bond motifs is 2. The first-order chi connectivity index (χ1) is 15.3. The summed E-state index contributed by atoms with van der Waals surface area (Å²) in [6.45, 7) is 3.97. The fourth-order valence-electron chi connectivity index (χ4n) is 4.89. The molecule has 7 heteroatoms. The smallest absolute Gasteiger partial charge is 0.274 e. The summed E-state index contributed by atoms with van der Waals surface area (Å²) in [5, 5.41) is 0. The second-order valence-corrected chi connectivity index (χ2v) is 10.5. The highest BCUT2D eigenvalue weighted by Crippen LogP contribution is 2.52. The van der Waals surface area contributed by atoms with Crippen molar-refractivity contribution in [2.45, 2.75) is 25.3 Å². The van der Waals surface area contributed by atoms with Crippen LogP contribution in [0, 0.1) is 13.8 Å². The summed E-state index contributed by atoms with van der Waals surface area (Å²) < 4.78 is 27.2. The molecule has 3 aromatic rings. The molecule has 1 saturated heterocycles. The lowest BCUT2D eigenvalue weighted by Crippen LogP contribution is -2.54. The van der Waals surface area contributed by atoms with E-state index >= 15 is 0 Å². The molecule has 1 unspecified atom stereocenters. The average Bonchev–Trinajstić information content (AvgIpc) is 3.11. The monoisotopic (exact) mass is 446 g/mol. The Morgan fingerprint density at radius 1 is 0.875 bits per heavy atom. The van der Waals surface area contributed by atoms with Crippen molar-refractivity contribution < 1.29 is 18.0 Å². The van der Waals surface area contributed by atoms with E-state index in [0.717, 1.165) is 16.7 Å². The second kappa shape index (κ2) is 7.03. The Kier molecular flexibility index (Phi) is 4.49. The molecule has 0 bridgehead atoms. The van der Waals surface area contributed by atoms with Crippen molar-refractivity contribution in [3.05, 3.63) is 95.1 Å². The topological polar surface area (TPSA) is 74.8 Å². The highest BCUT2D eigenvalue weighted by molar-refractivity contribution is 7.94. The quantitative estimate of drug-likeness (QED) is 0.618. The third-order valence-electron chi connectivity index (χ3n) is 6.07. The minimum absolute atomic E-state index is 0.211. The van der Waals surface area contributed by atoms with Gasteiger partial charge in [0, 0.05) is 11.3 Å². The van der Waals surface area contributed by atoms with Gasteiger partial charge in [0.1, 0.15) is 5.75 Å². The van der Waals surface area contributed by atoms with Gasteiger partial charge in [-0.1, -0.05) is 54.6 Å². The van der Waals surface area contributed by atoms with Gasteiger partial charge in [-0.15, -0.1) is 0 Å². The van der Waals surface area contributed by atoms with Crippen LogP contribution in [0.25, 0.3) is 0 Å². The number of nitrogens with zero attached hydrogens (tertiary/aromatic N) is 2. The summed E-state index contributed by atoms with van der Waals surface area (Å²) in [6.07, 6.45) is 0. The molecular formula is C25H22N2O4S. The van der Waals surface area contributed by atoms with E-state index in [9.17, 15) is 18.0 Å². The third kappa shape index (κ3) is 2.74. The highest BCUT2D eigenvalue weighted by Gasteiger charge is 2.69. The first-order valence-electron chi connectivity index (χ1n) is 10.3. The standard InChI is InChI=1S/C25H22N2O4S/c1-17-12-18(2)14-20(13-17)27-23(28)16-32(30,31)25(27)21-10-6-7-11-22(21)26(24(25)29)15-19-8-4-3-5-9-19/h3-14H,15-16H2,1-2H3. The fraction of sp³-hybridized carbons (Fsp3) is 0.200. The van der Waals surface area contributed by atoms with E-state index < -0.39 is 32.3 Å². The first-order valence-corrected chi connectivity index (χ1v) is 12.0. The van der Waals surface area contributed by atoms with Crippen LogP contribution < -0.4 is 9.80 Å². The zero-order valence-electron chi connectivity index (χ0n) is 17.8. The largest absolute Gasteiger partial charge is 0.304 e. The van der Waals surface area contributed by atoms with Gasteiger partial charge in [-0.05, 0) is 48.7 Å². The molecule has 6 nitrogen and oxygen atoms in total. The maximum Gasteiger partial charge on any atom is 0.274 e. The van der Waals surface area contributed by atoms with Gasteiger partial charge in [0.05, 0.1) is 12.2 Å². The van der Waals surface area contributed by atoms with E-state index in [4.69, 9.17) is 0 Å². The van der Waals surface area contributed by atoms with Crippen LogP contribution in [0.15, 0.2) is 72.8 Å². The number of carbonyl (C=O) groups excluding carboxylic acids is 2. The van der Waals surface area contributed by atoms with E-state index in [-0.39, 0.29) is 6.54 Å². The first kappa shape index (κ1) is 20.5. The highest BCUT2D eigenvalue weighted by atomic mass is 32.2.